The van der Waals surface area contributed by atoms with Crippen LogP contribution in [0.15, 0.2) is 42.5 Å². The molecule has 0 atom stereocenters. The van der Waals surface area contributed by atoms with E-state index in [1.165, 1.54) is 18.2 Å². The van der Waals surface area contributed by atoms with Gasteiger partial charge in [0.1, 0.15) is 5.82 Å². The number of carbonyl (C=O) groups excluding carboxylic acids is 2. The topological polar surface area (TPSA) is 84.2 Å². The molecule has 7 heteroatoms. The Hall–Kier alpha value is -2.60. The lowest BCUT2D eigenvalue weighted by molar-refractivity contribution is -0.119. The van der Waals surface area contributed by atoms with Gasteiger partial charge in [-0.25, -0.2) is 4.39 Å². The molecule has 0 spiro atoms. The Morgan fingerprint density at radius 2 is 1.91 bits per heavy atom. The van der Waals surface area contributed by atoms with E-state index in [9.17, 15) is 14.0 Å². The first-order valence-electron chi connectivity index (χ1n) is 6.80. The highest BCUT2D eigenvalue weighted by Gasteiger charge is 2.08. The Bertz CT molecular complexity index is 737. The zero-order valence-electron chi connectivity index (χ0n) is 12.1. The first-order chi connectivity index (χ1) is 11.0. The number of rotatable bonds is 6. The molecule has 0 heterocycles. The molecule has 23 heavy (non-hydrogen) atoms. The second-order valence-electron chi connectivity index (χ2n) is 4.78. The highest BCUT2D eigenvalue weighted by Crippen LogP contribution is 2.20. The van der Waals surface area contributed by atoms with Crippen molar-refractivity contribution in [1.82, 2.24) is 5.32 Å². The summed E-state index contributed by atoms with van der Waals surface area (Å²) in [5.41, 5.74) is 6.35. The normalized spacial score (nSPS) is 10.2. The highest BCUT2D eigenvalue weighted by atomic mass is 35.5. The number of nitrogens with two attached hydrogens (primary N) is 1. The fraction of sp³-hybridized carbons (Fsp3) is 0.125. The van der Waals surface area contributed by atoms with Gasteiger partial charge in [-0.1, -0.05) is 29.8 Å². The van der Waals surface area contributed by atoms with Crippen LogP contribution in [-0.2, 0) is 11.3 Å². The maximum atomic E-state index is 13.4. The predicted octanol–water partition coefficient (Wildman–Crippen LogP) is 2.31. The van der Waals surface area contributed by atoms with Crippen molar-refractivity contribution in [1.29, 1.82) is 0 Å². The van der Waals surface area contributed by atoms with E-state index < -0.39 is 5.91 Å². The van der Waals surface area contributed by atoms with Crippen molar-refractivity contribution in [2.75, 3.05) is 11.9 Å². The number of hydrogen-bond acceptors (Lipinski definition) is 3. The first-order valence-corrected chi connectivity index (χ1v) is 7.18. The predicted molar refractivity (Wildman–Crippen MR) is 86.7 cm³/mol. The van der Waals surface area contributed by atoms with Gasteiger partial charge in [0.05, 0.1) is 17.1 Å². The third-order valence-corrected chi connectivity index (χ3v) is 3.43. The van der Waals surface area contributed by atoms with Crippen LogP contribution in [0.25, 0.3) is 0 Å². The second kappa shape index (κ2) is 7.60. The van der Waals surface area contributed by atoms with E-state index in [0.29, 0.717) is 11.3 Å². The summed E-state index contributed by atoms with van der Waals surface area (Å²) in [7, 11) is 0. The molecule has 0 unspecified atom stereocenters. The van der Waals surface area contributed by atoms with Crippen molar-refractivity contribution in [3.05, 3.63) is 64.4 Å². The van der Waals surface area contributed by atoms with Gasteiger partial charge in [-0.15, -0.1) is 0 Å². The van der Waals surface area contributed by atoms with E-state index in [1.807, 2.05) is 0 Å². The van der Waals surface area contributed by atoms with E-state index in [2.05, 4.69) is 10.6 Å². The molecule has 120 valence electrons. The van der Waals surface area contributed by atoms with Gasteiger partial charge in [0.2, 0.25) is 11.8 Å². The van der Waals surface area contributed by atoms with Gasteiger partial charge in [0, 0.05) is 17.8 Å². The maximum absolute atomic E-state index is 13.4. The van der Waals surface area contributed by atoms with Crippen LogP contribution in [0.3, 0.4) is 0 Å². The van der Waals surface area contributed by atoms with Crippen LogP contribution < -0.4 is 16.4 Å². The monoisotopic (exact) mass is 335 g/mol. The largest absolute Gasteiger partial charge is 0.376 e. The fourth-order valence-corrected chi connectivity index (χ4v) is 2.18. The summed E-state index contributed by atoms with van der Waals surface area (Å²) >= 11 is 5.92. The molecular weight excluding hydrogens is 321 g/mol. The molecule has 0 bridgehead atoms. The van der Waals surface area contributed by atoms with Gasteiger partial charge >= 0.3 is 0 Å². The number of amides is 2. The number of benzene rings is 2. The van der Waals surface area contributed by atoms with E-state index >= 15 is 0 Å². The van der Waals surface area contributed by atoms with E-state index in [0.717, 1.165) is 0 Å². The molecule has 2 aromatic rings. The molecular formula is C16H15ClFN3O2. The number of primary amides is 1. The zero-order chi connectivity index (χ0) is 16.8. The number of halogens is 2. The highest BCUT2D eigenvalue weighted by molar-refractivity contribution is 6.34. The maximum Gasteiger partial charge on any atom is 0.250 e. The van der Waals surface area contributed by atoms with E-state index in [-0.39, 0.29) is 35.4 Å². The van der Waals surface area contributed by atoms with Crippen LogP contribution in [0.1, 0.15) is 15.9 Å². The van der Waals surface area contributed by atoms with Crippen molar-refractivity contribution in [3.63, 3.8) is 0 Å². The molecule has 0 aliphatic rings. The van der Waals surface area contributed by atoms with E-state index in [1.54, 1.807) is 24.3 Å². The summed E-state index contributed by atoms with van der Waals surface area (Å²) < 4.78 is 13.4. The minimum atomic E-state index is -0.621. The van der Waals surface area contributed by atoms with Gasteiger partial charge in [-0.2, -0.15) is 0 Å². The number of carbonyl (C=O) groups is 2. The fourth-order valence-electron chi connectivity index (χ4n) is 1.91. The summed E-state index contributed by atoms with van der Waals surface area (Å²) in [6.07, 6.45) is 0. The van der Waals surface area contributed by atoms with Crippen molar-refractivity contribution in [2.45, 2.75) is 6.54 Å². The summed E-state index contributed by atoms with van der Waals surface area (Å²) in [6.45, 7) is 0.0925. The van der Waals surface area contributed by atoms with Crippen LogP contribution in [0.5, 0.6) is 0 Å². The van der Waals surface area contributed by atoms with Gasteiger partial charge in [0.25, 0.3) is 0 Å². The average Bonchev–Trinajstić information content (AvgIpc) is 2.52. The van der Waals surface area contributed by atoms with Gasteiger partial charge in [0.15, 0.2) is 0 Å². The Labute approximate surface area is 137 Å². The zero-order valence-corrected chi connectivity index (χ0v) is 12.9. The molecule has 2 rings (SSSR count). The minimum absolute atomic E-state index is 0.0132. The van der Waals surface area contributed by atoms with Crippen molar-refractivity contribution in [3.8, 4) is 0 Å². The number of nitrogens with one attached hydrogen (secondary N) is 2. The van der Waals surface area contributed by atoms with Crippen LogP contribution in [-0.4, -0.2) is 18.4 Å². The minimum Gasteiger partial charge on any atom is -0.376 e. The van der Waals surface area contributed by atoms with Crippen molar-refractivity contribution < 1.29 is 14.0 Å². The molecule has 0 aliphatic heterocycles. The van der Waals surface area contributed by atoms with Crippen LogP contribution >= 0.6 is 11.6 Å². The Morgan fingerprint density at radius 1 is 1.17 bits per heavy atom. The van der Waals surface area contributed by atoms with Crippen LogP contribution in [0.2, 0.25) is 5.02 Å². The van der Waals surface area contributed by atoms with Gasteiger partial charge < -0.3 is 16.4 Å². The van der Waals surface area contributed by atoms with Gasteiger partial charge in [-0.05, 0) is 24.3 Å². The summed E-state index contributed by atoms with van der Waals surface area (Å²) in [5, 5.41) is 5.67. The molecule has 4 N–H and O–H groups in total. The van der Waals surface area contributed by atoms with Crippen molar-refractivity contribution in [2.24, 2.45) is 5.73 Å². The molecule has 0 fully saturated rings. The lowest BCUT2D eigenvalue weighted by atomic mass is 10.2. The molecule has 2 aromatic carbocycles. The summed E-state index contributed by atoms with van der Waals surface area (Å²) in [6, 6.07) is 10.8. The average molecular weight is 336 g/mol. The lowest BCUT2D eigenvalue weighted by Gasteiger charge is -2.09. The molecule has 0 aliphatic carbocycles. The molecule has 5 nitrogen and oxygen atoms in total. The second-order valence-corrected chi connectivity index (χ2v) is 5.19. The van der Waals surface area contributed by atoms with Gasteiger partial charge in [-0.3, -0.25) is 9.59 Å². The Balaban J connectivity index is 1.86. The molecule has 0 aromatic heterocycles. The van der Waals surface area contributed by atoms with Crippen LogP contribution in [0.4, 0.5) is 10.1 Å². The third-order valence-electron chi connectivity index (χ3n) is 3.12. The quantitative estimate of drug-likeness (QED) is 0.757. The SMILES string of the molecule is NC(=O)c1ccc(NCC(=O)NCc2ccccc2F)cc1Cl. The summed E-state index contributed by atoms with van der Waals surface area (Å²) in [4.78, 5) is 22.8. The van der Waals surface area contributed by atoms with Crippen molar-refractivity contribution >= 4 is 29.1 Å². The Morgan fingerprint density at radius 3 is 2.57 bits per heavy atom. The molecule has 0 radical (unpaired) electrons. The molecule has 0 saturated heterocycles. The third kappa shape index (κ3) is 4.69. The molecule has 2 amide bonds. The number of anilines is 1. The molecule has 0 saturated carbocycles. The lowest BCUT2D eigenvalue weighted by Crippen LogP contribution is -2.29. The van der Waals surface area contributed by atoms with E-state index in [4.69, 9.17) is 17.3 Å². The van der Waals surface area contributed by atoms with Crippen LogP contribution in [0, 0.1) is 5.82 Å². The number of hydrogen-bond donors (Lipinski definition) is 3. The summed E-state index contributed by atoms with van der Waals surface area (Å²) in [5.74, 6) is -1.29. The smallest absolute Gasteiger partial charge is 0.250 e. The standard InChI is InChI=1S/C16H15ClFN3O2/c17-13-7-11(5-6-12(13)16(19)23)20-9-15(22)21-8-10-3-1-2-4-14(10)18/h1-7,20H,8-9H2,(H2,19,23)(H,21,22). The Kier molecular flexibility index (Phi) is 5.54. The first kappa shape index (κ1) is 16.8.